The number of nitrogens with one attached hydrogen (secondary N) is 1. The fourth-order valence-electron chi connectivity index (χ4n) is 3.49. The Morgan fingerprint density at radius 2 is 2.13 bits per heavy atom. The highest BCUT2D eigenvalue weighted by atomic mass is 19.1. The highest BCUT2D eigenvalue weighted by Gasteiger charge is 2.44. The van der Waals surface area contributed by atoms with Gasteiger partial charge in [-0.15, -0.1) is 0 Å². The van der Waals surface area contributed by atoms with Crippen LogP contribution in [0.5, 0.6) is 0 Å². The number of methoxy groups -OCH3 is 1. The van der Waals surface area contributed by atoms with E-state index in [1.807, 2.05) is 6.92 Å². The van der Waals surface area contributed by atoms with E-state index in [1.54, 1.807) is 11.8 Å². The maximum atomic E-state index is 13.8. The Morgan fingerprint density at radius 3 is 2.77 bits per heavy atom. The van der Waals surface area contributed by atoms with Gasteiger partial charge in [-0.25, -0.2) is 8.78 Å². The van der Waals surface area contributed by atoms with E-state index in [1.165, 1.54) is 24.3 Å². The first-order valence-electron chi connectivity index (χ1n) is 9.61. The number of ether oxygens (including phenoxy) is 2. The fraction of sp³-hybridized carbons (Fsp3) is 0.381. The lowest BCUT2D eigenvalue weighted by atomic mass is 10.1. The number of carbonyl (C=O) groups excluding carboxylic acids is 3. The van der Waals surface area contributed by atoms with Crippen LogP contribution in [0.4, 0.5) is 8.78 Å². The van der Waals surface area contributed by atoms with E-state index in [9.17, 15) is 23.2 Å². The van der Waals surface area contributed by atoms with Crippen LogP contribution < -0.4 is 5.32 Å². The summed E-state index contributed by atoms with van der Waals surface area (Å²) in [4.78, 5) is 40.2. The first-order valence-corrected chi connectivity index (χ1v) is 9.61. The molecule has 2 heterocycles. The Hall–Kier alpha value is -3.27. The van der Waals surface area contributed by atoms with Gasteiger partial charge in [-0.05, 0) is 19.9 Å². The Morgan fingerprint density at radius 1 is 1.39 bits per heavy atom. The van der Waals surface area contributed by atoms with E-state index < -0.39 is 23.8 Å². The van der Waals surface area contributed by atoms with Gasteiger partial charge >= 0.3 is 0 Å². The van der Waals surface area contributed by atoms with Gasteiger partial charge in [-0.1, -0.05) is 6.07 Å². The predicted molar refractivity (Wildman–Crippen MR) is 105 cm³/mol. The number of amides is 2. The third-order valence-electron chi connectivity index (χ3n) is 5.17. The number of benzene rings is 1. The summed E-state index contributed by atoms with van der Waals surface area (Å²) in [6.45, 7) is 3.79. The van der Waals surface area contributed by atoms with Crippen molar-refractivity contribution < 1.29 is 32.6 Å². The largest absolute Gasteiger partial charge is 0.499 e. The lowest BCUT2D eigenvalue weighted by molar-refractivity contribution is -0.140. The SMILES string of the molecule is CO/C(C)=C1\C(=O)N2C(C)COC2CN1/C=C(\C=O)C(=O)NCc1ccc(F)cc1F. The summed E-state index contributed by atoms with van der Waals surface area (Å²) >= 11 is 0. The second-order valence-electron chi connectivity index (χ2n) is 7.23. The molecule has 0 radical (unpaired) electrons. The summed E-state index contributed by atoms with van der Waals surface area (Å²) in [5, 5.41) is 2.42. The van der Waals surface area contributed by atoms with Crippen LogP contribution >= 0.6 is 0 Å². The molecule has 2 atom stereocenters. The van der Waals surface area contributed by atoms with Crippen molar-refractivity contribution in [1.29, 1.82) is 0 Å². The molecule has 0 spiro atoms. The third kappa shape index (κ3) is 4.58. The van der Waals surface area contributed by atoms with Crippen molar-refractivity contribution >= 4 is 18.1 Å². The molecule has 2 aliphatic rings. The molecule has 31 heavy (non-hydrogen) atoms. The lowest BCUT2D eigenvalue weighted by Crippen LogP contribution is -2.53. The van der Waals surface area contributed by atoms with Gasteiger partial charge in [0.25, 0.3) is 11.8 Å². The van der Waals surface area contributed by atoms with E-state index in [4.69, 9.17) is 9.47 Å². The third-order valence-corrected chi connectivity index (χ3v) is 5.17. The minimum Gasteiger partial charge on any atom is -0.499 e. The van der Waals surface area contributed by atoms with Gasteiger partial charge in [-0.3, -0.25) is 14.4 Å². The van der Waals surface area contributed by atoms with Crippen molar-refractivity contribution in [3.05, 3.63) is 58.6 Å². The molecule has 0 saturated carbocycles. The Labute approximate surface area is 178 Å². The fourth-order valence-corrected chi connectivity index (χ4v) is 3.49. The normalized spacial score (nSPS) is 22.9. The van der Waals surface area contributed by atoms with Gasteiger partial charge in [-0.2, -0.15) is 0 Å². The number of fused-ring (bicyclic) bond motifs is 1. The molecule has 2 amide bonds. The molecule has 1 aromatic carbocycles. The lowest BCUT2D eigenvalue weighted by Gasteiger charge is -2.39. The molecule has 2 aliphatic heterocycles. The van der Waals surface area contributed by atoms with Crippen molar-refractivity contribution in [1.82, 2.24) is 15.1 Å². The van der Waals surface area contributed by atoms with Crippen molar-refractivity contribution in [2.45, 2.75) is 32.7 Å². The number of hydrogen-bond acceptors (Lipinski definition) is 6. The zero-order valence-electron chi connectivity index (χ0n) is 17.4. The number of aldehydes is 1. The second-order valence-corrected chi connectivity index (χ2v) is 7.23. The predicted octanol–water partition coefficient (Wildman–Crippen LogP) is 1.43. The van der Waals surface area contributed by atoms with Gasteiger partial charge in [0, 0.05) is 24.4 Å². The van der Waals surface area contributed by atoms with Gasteiger partial charge < -0.3 is 24.6 Å². The van der Waals surface area contributed by atoms with Crippen LogP contribution in [0.15, 0.2) is 41.4 Å². The van der Waals surface area contributed by atoms with Crippen LogP contribution in [0, 0.1) is 11.6 Å². The molecule has 10 heteroatoms. The molecule has 8 nitrogen and oxygen atoms in total. The molecule has 2 fully saturated rings. The van der Waals surface area contributed by atoms with Crippen molar-refractivity contribution in [3.63, 3.8) is 0 Å². The van der Waals surface area contributed by atoms with Crippen molar-refractivity contribution in [3.8, 4) is 0 Å². The summed E-state index contributed by atoms with van der Waals surface area (Å²) in [6, 6.07) is 2.85. The Balaban J connectivity index is 1.82. The average molecular weight is 435 g/mol. The molecule has 2 unspecified atom stereocenters. The minimum absolute atomic E-state index is 0.0629. The summed E-state index contributed by atoms with van der Waals surface area (Å²) in [7, 11) is 1.41. The number of halogens is 2. The molecule has 0 aromatic heterocycles. The van der Waals surface area contributed by atoms with Crippen LogP contribution in [-0.4, -0.2) is 60.4 Å². The van der Waals surface area contributed by atoms with Gasteiger partial charge in [0.2, 0.25) is 0 Å². The average Bonchev–Trinajstić information content (AvgIpc) is 3.11. The molecule has 2 saturated heterocycles. The molecule has 3 rings (SSSR count). The highest BCUT2D eigenvalue weighted by molar-refractivity contribution is 6.10. The Bertz CT molecular complexity index is 962. The van der Waals surface area contributed by atoms with Crippen molar-refractivity contribution in [2.75, 3.05) is 20.3 Å². The molecular formula is C21H23F2N3O5. The molecule has 1 N–H and O–H groups in total. The summed E-state index contributed by atoms with van der Waals surface area (Å²) < 4.78 is 37.7. The van der Waals surface area contributed by atoms with Gasteiger partial charge in [0.15, 0.2) is 12.5 Å². The van der Waals surface area contributed by atoms with E-state index in [-0.39, 0.29) is 41.9 Å². The zero-order chi connectivity index (χ0) is 22.7. The van der Waals surface area contributed by atoms with Crippen LogP contribution in [0.1, 0.15) is 19.4 Å². The first-order chi connectivity index (χ1) is 14.8. The number of rotatable bonds is 6. The number of hydrogen-bond donors (Lipinski definition) is 1. The summed E-state index contributed by atoms with van der Waals surface area (Å²) in [5.74, 6) is -2.34. The molecule has 0 bridgehead atoms. The van der Waals surface area contributed by atoms with Crippen LogP contribution in [-0.2, 0) is 30.4 Å². The maximum absolute atomic E-state index is 13.8. The van der Waals surface area contributed by atoms with Gasteiger partial charge in [0.1, 0.15) is 23.1 Å². The Kier molecular flexibility index (Phi) is 6.69. The van der Waals surface area contributed by atoms with Gasteiger partial charge in [0.05, 0.1) is 31.9 Å². The highest BCUT2D eigenvalue weighted by Crippen LogP contribution is 2.30. The number of piperazine rings is 1. The van der Waals surface area contributed by atoms with E-state index >= 15 is 0 Å². The van der Waals surface area contributed by atoms with E-state index in [2.05, 4.69) is 5.32 Å². The summed E-state index contributed by atoms with van der Waals surface area (Å²) in [5.41, 5.74) is -0.0306. The van der Waals surface area contributed by atoms with E-state index in [0.29, 0.717) is 24.7 Å². The molecule has 0 aliphatic carbocycles. The van der Waals surface area contributed by atoms with Crippen LogP contribution in [0.25, 0.3) is 0 Å². The second kappa shape index (κ2) is 9.25. The van der Waals surface area contributed by atoms with Crippen LogP contribution in [0.3, 0.4) is 0 Å². The quantitative estimate of drug-likeness (QED) is 0.239. The molecule has 166 valence electrons. The number of nitrogens with zero attached hydrogens (tertiary/aromatic N) is 2. The minimum atomic E-state index is -0.813. The number of carbonyl (C=O) groups is 3. The monoisotopic (exact) mass is 435 g/mol. The topological polar surface area (TPSA) is 88.2 Å². The smallest absolute Gasteiger partial charge is 0.276 e. The maximum Gasteiger partial charge on any atom is 0.276 e. The summed E-state index contributed by atoms with van der Waals surface area (Å²) in [6.07, 6.45) is 1.05. The molecule has 1 aromatic rings. The van der Waals surface area contributed by atoms with E-state index in [0.717, 1.165) is 6.07 Å². The van der Waals surface area contributed by atoms with Crippen molar-refractivity contribution in [2.24, 2.45) is 0 Å². The standard InChI is InChI=1S/C21H23F2N3O5/c1-12-11-31-18-9-25(19(13(2)30-3)21(29)26(12)18)8-15(10-27)20(28)24-7-14-4-5-16(22)6-17(14)23/h4-6,8,10,12,18H,7,9,11H2,1-3H3,(H,24,28)/b15-8+,19-13+. The van der Waals surface area contributed by atoms with Crippen LogP contribution in [0.2, 0.25) is 0 Å². The zero-order valence-corrected chi connectivity index (χ0v) is 17.4. The first kappa shape index (κ1) is 22.4. The number of allylic oxidation sites excluding steroid dienone is 1. The molecular weight excluding hydrogens is 412 g/mol.